The summed E-state index contributed by atoms with van der Waals surface area (Å²) in [5, 5.41) is 9.23. The molecule has 38 heavy (non-hydrogen) atoms. The van der Waals surface area contributed by atoms with Crippen LogP contribution in [0.25, 0.3) is 0 Å². The van der Waals surface area contributed by atoms with Gasteiger partial charge in [-0.2, -0.15) is 26.3 Å². The lowest BCUT2D eigenvalue weighted by Crippen LogP contribution is -2.28. The Morgan fingerprint density at radius 1 is 1.05 bits per heavy atom. The lowest BCUT2D eigenvalue weighted by molar-refractivity contribution is -0.139. The number of anilines is 1. The number of halogens is 7. The first-order valence-corrected chi connectivity index (χ1v) is 11.4. The Bertz CT molecular complexity index is 1090. The molecule has 1 saturated carbocycles. The second-order valence-corrected chi connectivity index (χ2v) is 8.44. The molecule has 0 bridgehead atoms. The van der Waals surface area contributed by atoms with Gasteiger partial charge in [-0.3, -0.25) is 9.59 Å². The van der Waals surface area contributed by atoms with E-state index in [2.05, 4.69) is 5.32 Å². The fourth-order valence-electron chi connectivity index (χ4n) is 4.14. The number of carbonyl (C=O) groups excluding carboxylic acids is 1. The normalized spacial score (nSPS) is 17.7. The third kappa shape index (κ3) is 8.61. The summed E-state index contributed by atoms with van der Waals surface area (Å²) in [5.41, 5.74) is -1.88. The molecule has 0 heterocycles. The predicted molar refractivity (Wildman–Crippen MR) is 122 cm³/mol. The van der Waals surface area contributed by atoms with Crippen molar-refractivity contribution in [1.82, 2.24) is 0 Å². The van der Waals surface area contributed by atoms with Gasteiger partial charge in [0.25, 0.3) is 6.47 Å². The molecular formula is C25H26F7NO5. The highest BCUT2D eigenvalue weighted by Crippen LogP contribution is 2.42. The standard InChI is InChI=1S/C24H24F7NO3.CH2O2/c1-34-9-10-35-21-12-15(5-7-18(21)24(29,30)31)14-3-2-4-16(11-14)22(33)32-20-8-6-17(13-19(20)25)23(26,27)28;2-1-3/h5-8,12-14,16H,2-4,9-11H2,1H3,(H,32,33);1H,(H,2,3). The minimum atomic E-state index is -4.71. The first-order chi connectivity index (χ1) is 17.8. The lowest BCUT2D eigenvalue weighted by Gasteiger charge is -2.29. The summed E-state index contributed by atoms with van der Waals surface area (Å²) < 4.78 is 103. The molecule has 210 valence electrons. The first kappa shape index (κ1) is 30.9. The number of carboxylic acid groups (broad SMARTS) is 1. The van der Waals surface area contributed by atoms with Gasteiger partial charge in [0, 0.05) is 13.0 Å². The molecular weight excluding hydrogens is 527 g/mol. The maximum absolute atomic E-state index is 14.1. The molecule has 0 aliphatic heterocycles. The highest BCUT2D eigenvalue weighted by molar-refractivity contribution is 5.92. The molecule has 0 spiro atoms. The summed E-state index contributed by atoms with van der Waals surface area (Å²) in [5.74, 6) is -2.93. The van der Waals surface area contributed by atoms with Gasteiger partial charge in [0.1, 0.15) is 18.2 Å². The van der Waals surface area contributed by atoms with E-state index < -0.39 is 41.1 Å². The second kappa shape index (κ2) is 13.4. The number of alkyl halides is 6. The summed E-state index contributed by atoms with van der Waals surface area (Å²) in [6.45, 7) is -0.217. The maximum Gasteiger partial charge on any atom is 0.419 e. The van der Waals surface area contributed by atoms with Crippen LogP contribution in [0.3, 0.4) is 0 Å². The molecule has 1 aliphatic rings. The van der Waals surface area contributed by atoms with Crippen LogP contribution in [0.4, 0.5) is 36.4 Å². The predicted octanol–water partition coefficient (Wildman–Crippen LogP) is 6.50. The summed E-state index contributed by atoms with van der Waals surface area (Å²) in [6, 6.07) is 5.46. The molecule has 6 nitrogen and oxygen atoms in total. The van der Waals surface area contributed by atoms with Crippen molar-refractivity contribution < 1.29 is 54.9 Å². The highest BCUT2D eigenvalue weighted by atomic mass is 19.4. The van der Waals surface area contributed by atoms with Crippen LogP contribution in [0.1, 0.15) is 48.3 Å². The van der Waals surface area contributed by atoms with Crippen LogP contribution in [0, 0.1) is 11.7 Å². The van der Waals surface area contributed by atoms with E-state index in [-0.39, 0.29) is 43.5 Å². The van der Waals surface area contributed by atoms with Crippen molar-refractivity contribution in [2.75, 3.05) is 25.6 Å². The van der Waals surface area contributed by atoms with Gasteiger partial charge in [0.15, 0.2) is 0 Å². The monoisotopic (exact) mass is 553 g/mol. The fourth-order valence-corrected chi connectivity index (χ4v) is 4.14. The Morgan fingerprint density at radius 2 is 1.74 bits per heavy atom. The summed E-state index contributed by atoms with van der Waals surface area (Å²) >= 11 is 0. The Morgan fingerprint density at radius 3 is 2.32 bits per heavy atom. The van der Waals surface area contributed by atoms with E-state index in [0.29, 0.717) is 37.0 Å². The molecule has 0 saturated heterocycles. The lowest BCUT2D eigenvalue weighted by atomic mass is 9.77. The van der Waals surface area contributed by atoms with Crippen LogP contribution in [0.2, 0.25) is 0 Å². The molecule has 3 rings (SSSR count). The van der Waals surface area contributed by atoms with Gasteiger partial charge in [-0.25, -0.2) is 4.39 Å². The van der Waals surface area contributed by atoms with Crippen LogP contribution < -0.4 is 10.1 Å². The maximum atomic E-state index is 14.1. The van der Waals surface area contributed by atoms with Gasteiger partial charge in [-0.15, -0.1) is 0 Å². The van der Waals surface area contributed by atoms with Gasteiger partial charge in [-0.1, -0.05) is 12.5 Å². The zero-order chi connectivity index (χ0) is 28.5. The summed E-state index contributed by atoms with van der Waals surface area (Å²) in [6.07, 6.45) is -7.35. The number of ether oxygens (including phenoxy) is 2. The smallest absolute Gasteiger partial charge is 0.419 e. The van der Waals surface area contributed by atoms with Crippen molar-refractivity contribution in [1.29, 1.82) is 0 Å². The van der Waals surface area contributed by atoms with Crippen LogP contribution in [-0.4, -0.2) is 37.8 Å². The van der Waals surface area contributed by atoms with E-state index in [1.807, 2.05) is 0 Å². The van der Waals surface area contributed by atoms with Gasteiger partial charge in [-0.05, 0) is 61.1 Å². The molecule has 2 aromatic rings. The highest BCUT2D eigenvalue weighted by Gasteiger charge is 2.36. The van der Waals surface area contributed by atoms with Crippen molar-refractivity contribution >= 4 is 18.1 Å². The van der Waals surface area contributed by atoms with Gasteiger partial charge < -0.3 is 19.9 Å². The van der Waals surface area contributed by atoms with E-state index in [9.17, 15) is 35.5 Å². The number of hydrogen-bond donors (Lipinski definition) is 2. The Hall–Kier alpha value is -3.35. The Kier molecular flexibility index (Phi) is 10.9. The zero-order valence-electron chi connectivity index (χ0n) is 20.2. The van der Waals surface area contributed by atoms with Crippen LogP contribution in [-0.2, 0) is 26.7 Å². The zero-order valence-corrected chi connectivity index (χ0v) is 20.2. The number of rotatable bonds is 7. The van der Waals surface area contributed by atoms with E-state index in [0.717, 1.165) is 12.1 Å². The minimum absolute atomic E-state index is 0.0720. The van der Waals surface area contributed by atoms with Crippen molar-refractivity contribution in [3.8, 4) is 5.75 Å². The van der Waals surface area contributed by atoms with E-state index in [4.69, 9.17) is 19.4 Å². The quantitative estimate of drug-likeness (QED) is 0.232. The average Bonchev–Trinajstić information content (AvgIpc) is 2.84. The molecule has 1 fully saturated rings. The van der Waals surface area contributed by atoms with Gasteiger partial charge in [0.05, 0.1) is 23.4 Å². The van der Waals surface area contributed by atoms with Crippen molar-refractivity contribution in [2.45, 2.75) is 44.0 Å². The Labute approximate surface area is 213 Å². The summed E-state index contributed by atoms with van der Waals surface area (Å²) in [4.78, 5) is 21.1. The molecule has 1 aliphatic carbocycles. The number of amides is 1. The largest absolute Gasteiger partial charge is 0.491 e. The number of nitrogens with one attached hydrogen (secondary N) is 1. The third-order valence-corrected chi connectivity index (χ3v) is 5.93. The summed E-state index contributed by atoms with van der Waals surface area (Å²) in [7, 11) is 1.40. The molecule has 0 aromatic heterocycles. The van der Waals surface area contributed by atoms with E-state index >= 15 is 0 Å². The van der Waals surface area contributed by atoms with E-state index in [1.165, 1.54) is 19.2 Å². The van der Waals surface area contributed by atoms with Crippen LogP contribution in [0.15, 0.2) is 36.4 Å². The molecule has 2 aromatic carbocycles. The molecule has 1 amide bonds. The van der Waals surface area contributed by atoms with Crippen molar-refractivity contribution in [3.05, 3.63) is 58.9 Å². The average molecular weight is 553 g/mol. The number of methoxy groups -OCH3 is 1. The number of benzene rings is 2. The van der Waals surface area contributed by atoms with Gasteiger partial charge in [0.2, 0.25) is 5.91 Å². The Balaban J connectivity index is 0.00000161. The third-order valence-electron chi connectivity index (χ3n) is 5.93. The topological polar surface area (TPSA) is 84.9 Å². The number of hydrogen-bond acceptors (Lipinski definition) is 4. The van der Waals surface area contributed by atoms with Crippen LogP contribution >= 0.6 is 0 Å². The molecule has 2 N–H and O–H groups in total. The number of carbonyl (C=O) groups is 2. The minimum Gasteiger partial charge on any atom is -0.491 e. The molecule has 0 radical (unpaired) electrons. The molecule has 13 heteroatoms. The van der Waals surface area contributed by atoms with Gasteiger partial charge >= 0.3 is 12.4 Å². The second-order valence-electron chi connectivity index (χ2n) is 8.44. The molecule has 2 atom stereocenters. The van der Waals surface area contributed by atoms with Crippen molar-refractivity contribution in [2.24, 2.45) is 5.92 Å². The van der Waals surface area contributed by atoms with Crippen molar-refractivity contribution in [3.63, 3.8) is 0 Å². The van der Waals surface area contributed by atoms with Crippen LogP contribution in [0.5, 0.6) is 5.75 Å². The first-order valence-electron chi connectivity index (χ1n) is 11.4. The fraction of sp³-hybridized carbons (Fsp3) is 0.440. The van der Waals surface area contributed by atoms with E-state index in [1.54, 1.807) is 0 Å². The SMILES string of the molecule is COCCOc1cc(C2CCCC(C(=O)Nc3ccc(C(F)(F)F)cc3F)C2)ccc1C(F)(F)F.O=CO. The molecule has 2 unspecified atom stereocenters.